The normalized spacial score (nSPS) is 11.9. The van der Waals surface area contributed by atoms with Crippen LogP contribution in [0.2, 0.25) is 0 Å². The highest BCUT2D eigenvalue weighted by Gasteiger charge is 2.10. The lowest BCUT2D eigenvalue weighted by Crippen LogP contribution is -2.00. The average Bonchev–Trinajstić information content (AvgIpc) is 2.34. The maximum atomic E-state index is 5.68. The summed E-state index contributed by atoms with van der Waals surface area (Å²) in [6.07, 6.45) is 4.64. The lowest BCUT2D eigenvalue weighted by atomic mass is 9.95. The van der Waals surface area contributed by atoms with Crippen molar-refractivity contribution in [1.29, 1.82) is 0 Å². The van der Waals surface area contributed by atoms with Crippen LogP contribution < -0.4 is 4.74 Å². The first kappa shape index (κ1) is 12.6. The van der Waals surface area contributed by atoms with E-state index in [1.54, 1.807) is 0 Å². The van der Waals surface area contributed by atoms with Gasteiger partial charge in [-0.15, -0.1) is 6.58 Å². The minimum absolute atomic E-state index is 0.0678. The third kappa shape index (κ3) is 2.75. The monoisotopic (exact) mass is 215 g/mol. The van der Waals surface area contributed by atoms with E-state index in [0.29, 0.717) is 0 Å². The summed E-state index contributed by atoms with van der Waals surface area (Å²) in [4.78, 5) is 0. The van der Waals surface area contributed by atoms with Crippen molar-refractivity contribution in [2.75, 3.05) is 6.61 Å². The summed E-state index contributed by atoms with van der Waals surface area (Å²) in [5.74, 6) is 0.947. The van der Waals surface area contributed by atoms with Gasteiger partial charge in [0.05, 0.1) is 6.61 Å². The summed E-state index contributed by atoms with van der Waals surface area (Å²) >= 11 is 0. The summed E-state index contributed by atoms with van der Waals surface area (Å²) in [6.45, 7) is 14.4. The van der Waals surface area contributed by atoms with E-state index in [2.05, 4.69) is 27.0 Å². The summed E-state index contributed by atoms with van der Waals surface area (Å²) in [6, 6.07) is 5.98. The molecule has 0 spiro atoms. The van der Waals surface area contributed by atoms with Crippen molar-refractivity contribution in [1.82, 2.24) is 0 Å². The van der Waals surface area contributed by atoms with Crippen molar-refractivity contribution in [3.8, 4) is 5.75 Å². The SMILES string of the molecule is [CH2]C(C=C)c1cccc(OCCC)c1C=C. The lowest BCUT2D eigenvalue weighted by Gasteiger charge is -2.15. The standard InChI is InChI=1S/C15H19O/c1-5-11-16-15-10-8-9-14(12(4)6-2)13(15)7-3/h6-10,12H,2-5,11H2,1H3. The summed E-state index contributed by atoms with van der Waals surface area (Å²) in [7, 11) is 0. The van der Waals surface area contributed by atoms with Gasteiger partial charge >= 0.3 is 0 Å². The van der Waals surface area contributed by atoms with Gasteiger partial charge in [-0.1, -0.05) is 37.8 Å². The van der Waals surface area contributed by atoms with Gasteiger partial charge in [-0.25, -0.2) is 0 Å². The minimum atomic E-state index is 0.0678. The maximum Gasteiger partial charge on any atom is 0.126 e. The molecule has 1 atom stereocenters. The summed E-state index contributed by atoms with van der Waals surface area (Å²) in [5, 5.41) is 0. The topological polar surface area (TPSA) is 9.23 Å². The molecule has 1 aromatic carbocycles. The number of benzene rings is 1. The largest absolute Gasteiger partial charge is 0.493 e. The number of allylic oxidation sites excluding steroid dienone is 1. The van der Waals surface area contributed by atoms with Crippen LogP contribution in [-0.4, -0.2) is 6.61 Å². The third-order valence-electron chi connectivity index (χ3n) is 2.45. The van der Waals surface area contributed by atoms with E-state index in [0.717, 1.165) is 29.9 Å². The number of ether oxygens (including phenoxy) is 1. The summed E-state index contributed by atoms with van der Waals surface area (Å²) < 4.78 is 5.68. The van der Waals surface area contributed by atoms with Gasteiger partial charge in [-0.05, 0) is 25.0 Å². The molecule has 16 heavy (non-hydrogen) atoms. The van der Waals surface area contributed by atoms with Crippen LogP contribution in [0.25, 0.3) is 6.08 Å². The Morgan fingerprint density at radius 3 is 2.69 bits per heavy atom. The van der Waals surface area contributed by atoms with Crippen molar-refractivity contribution in [2.45, 2.75) is 19.3 Å². The van der Waals surface area contributed by atoms with Crippen LogP contribution in [0.1, 0.15) is 30.4 Å². The molecule has 0 saturated carbocycles. The second kappa shape index (κ2) is 6.16. The first-order valence-corrected chi connectivity index (χ1v) is 5.58. The predicted octanol–water partition coefficient (Wildman–Crippen LogP) is 4.22. The Labute approximate surface area is 98.5 Å². The maximum absolute atomic E-state index is 5.68. The van der Waals surface area contributed by atoms with Crippen LogP contribution in [0.15, 0.2) is 37.4 Å². The lowest BCUT2D eigenvalue weighted by molar-refractivity contribution is 0.316. The van der Waals surface area contributed by atoms with Crippen molar-refractivity contribution in [3.05, 3.63) is 55.5 Å². The highest BCUT2D eigenvalue weighted by atomic mass is 16.5. The first-order chi connectivity index (χ1) is 7.74. The first-order valence-electron chi connectivity index (χ1n) is 5.58. The van der Waals surface area contributed by atoms with Gasteiger partial charge in [-0.3, -0.25) is 0 Å². The van der Waals surface area contributed by atoms with Gasteiger partial charge in [0, 0.05) is 11.5 Å². The molecule has 1 unspecified atom stereocenters. The molecule has 0 aromatic heterocycles. The average molecular weight is 215 g/mol. The molecule has 0 bridgehead atoms. The molecule has 0 aliphatic rings. The van der Waals surface area contributed by atoms with Crippen molar-refractivity contribution >= 4 is 6.08 Å². The van der Waals surface area contributed by atoms with Crippen LogP contribution in [0, 0.1) is 6.92 Å². The molecule has 0 fully saturated rings. The van der Waals surface area contributed by atoms with E-state index in [9.17, 15) is 0 Å². The fourth-order valence-electron chi connectivity index (χ4n) is 1.57. The number of hydrogen-bond acceptors (Lipinski definition) is 1. The van der Waals surface area contributed by atoms with Gasteiger partial charge in [0.25, 0.3) is 0 Å². The van der Waals surface area contributed by atoms with E-state index in [4.69, 9.17) is 4.74 Å². The molecule has 85 valence electrons. The number of hydrogen-bond donors (Lipinski definition) is 0. The van der Waals surface area contributed by atoms with Crippen LogP contribution in [0.5, 0.6) is 5.75 Å². The van der Waals surface area contributed by atoms with Gasteiger partial charge in [0.1, 0.15) is 5.75 Å². The molecular weight excluding hydrogens is 196 g/mol. The zero-order valence-electron chi connectivity index (χ0n) is 9.91. The van der Waals surface area contributed by atoms with Gasteiger partial charge < -0.3 is 4.74 Å². The molecule has 0 amide bonds. The third-order valence-corrected chi connectivity index (χ3v) is 2.45. The van der Waals surface area contributed by atoms with Gasteiger partial charge in [-0.2, -0.15) is 0 Å². The molecule has 0 heterocycles. The zero-order valence-corrected chi connectivity index (χ0v) is 9.91. The summed E-state index contributed by atoms with van der Waals surface area (Å²) in [5.41, 5.74) is 2.13. The molecule has 0 N–H and O–H groups in total. The highest BCUT2D eigenvalue weighted by molar-refractivity contribution is 5.61. The van der Waals surface area contributed by atoms with E-state index in [1.807, 2.05) is 30.4 Å². The van der Waals surface area contributed by atoms with E-state index in [-0.39, 0.29) is 5.92 Å². The highest BCUT2D eigenvalue weighted by Crippen LogP contribution is 2.29. The Morgan fingerprint density at radius 2 is 2.12 bits per heavy atom. The van der Waals surface area contributed by atoms with E-state index in [1.165, 1.54) is 0 Å². The van der Waals surface area contributed by atoms with Crippen LogP contribution in [-0.2, 0) is 0 Å². The van der Waals surface area contributed by atoms with Crippen LogP contribution in [0.4, 0.5) is 0 Å². The van der Waals surface area contributed by atoms with Crippen molar-refractivity contribution < 1.29 is 4.74 Å². The fourth-order valence-corrected chi connectivity index (χ4v) is 1.57. The molecule has 1 radical (unpaired) electrons. The molecule has 0 aliphatic heterocycles. The Morgan fingerprint density at radius 1 is 1.38 bits per heavy atom. The minimum Gasteiger partial charge on any atom is -0.493 e. The molecule has 0 saturated heterocycles. The fraction of sp³-hybridized carbons (Fsp3) is 0.267. The quantitative estimate of drug-likeness (QED) is 0.645. The van der Waals surface area contributed by atoms with Crippen LogP contribution in [0.3, 0.4) is 0 Å². The molecule has 1 heteroatoms. The predicted molar refractivity (Wildman–Crippen MR) is 70.6 cm³/mol. The zero-order chi connectivity index (χ0) is 12.0. The van der Waals surface area contributed by atoms with E-state index >= 15 is 0 Å². The molecular formula is C15H19O. The Balaban J connectivity index is 3.09. The van der Waals surface area contributed by atoms with Crippen molar-refractivity contribution in [2.24, 2.45) is 0 Å². The van der Waals surface area contributed by atoms with Crippen molar-refractivity contribution in [3.63, 3.8) is 0 Å². The Kier molecular flexibility index (Phi) is 4.84. The van der Waals surface area contributed by atoms with Gasteiger partial charge in [0.2, 0.25) is 0 Å². The Hall–Kier alpha value is -1.50. The smallest absolute Gasteiger partial charge is 0.126 e. The molecule has 0 aliphatic carbocycles. The van der Waals surface area contributed by atoms with E-state index < -0.39 is 0 Å². The molecule has 1 aromatic rings. The number of rotatable bonds is 6. The second-order valence-electron chi connectivity index (χ2n) is 3.65. The molecule has 1 nitrogen and oxygen atoms in total. The van der Waals surface area contributed by atoms with Crippen LogP contribution >= 0.6 is 0 Å². The molecule has 1 rings (SSSR count). The second-order valence-corrected chi connectivity index (χ2v) is 3.65. The van der Waals surface area contributed by atoms with Gasteiger partial charge in [0.15, 0.2) is 0 Å². The Bertz CT molecular complexity index is 366.